The Morgan fingerprint density at radius 2 is 1.89 bits per heavy atom. The molecule has 1 saturated heterocycles. The molecule has 138 valence electrons. The highest BCUT2D eigenvalue weighted by atomic mass is 16.5. The maximum atomic E-state index is 12.9. The number of morpholine rings is 1. The van der Waals surface area contributed by atoms with Crippen LogP contribution in [0, 0.1) is 0 Å². The van der Waals surface area contributed by atoms with Crippen molar-refractivity contribution in [1.82, 2.24) is 19.4 Å². The van der Waals surface area contributed by atoms with Crippen LogP contribution >= 0.6 is 0 Å². The van der Waals surface area contributed by atoms with Crippen molar-refractivity contribution in [3.8, 4) is 23.0 Å². The number of hydrogen-bond donors (Lipinski definition) is 0. The molecule has 27 heavy (non-hydrogen) atoms. The van der Waals surface area contributed by atoms with E-state index in [4.69, 9.17) is 9.47 Å². The minimum absolute atomic E-state index is 0.0873. The van der Waals surface area contributed by atoms with E-state index in [1.807, 2.05) is 41.0 Å². The lowest BCUT2D eigenvalue weighted by Gasteiger charge is -2.25. The third-order valence-corrected chi connectivity index (χ3v) is 4.46. The monoisotopic (exact) mass is 364 g/mol. The Morgan fingerprint density at radius 1 is 1.11 bits per heavy atom. The van der Waals surface area contributed by atoms with E-state index < -0.39 is 0 Å². The Balaban J connectivity index is 1.75. The zero-order valence-corrected chi connectivity index (χ0v) is 15.0. The Kier molecular flexibility index (Phi) is 4.84. The van der Waals surface area contributed by atoms with E-state index in [1.54, 1.807) is 30.5 Å². The van der Waals surface area contributed by atoms with Gasteiger partial charge in [0, 0.05) is 42.8 Å². The van der Waals surface area contributed by atoms with Gasteiger partial charge < -0.3 is 14.4 Å². The van der Waals surface area contributed by atoms with Crippen LogP contribution in [0.1, 0.15) is 10.5 Å². The lowest BCUT2D eigenvalue weighted by molar-refractivity contribution is 0.0299. The summed E-state index contributed by atoms with van der Waals surface area (Å²) in [4.78, 5) is 23.6. The molecule has 0 aliphatic carbocycles. The second kappa shape index (κ2) is 7.59. The number of para-hydroxylation sites is 1. The average Bonchev–Trinajstić information content (AvgIpc) is 3.20. The first-order chi connectivity index (χ1) is 13.3. The number of methoxy groups -OCH3 is 1. The summed E-state index contributed by atoms with van der Waals surface area (Å²) < 4.78 is 12.4. The van der Waals surface area contributed by atoms with Crippen molar-refractivity contribution in [2.24, 2.45) is 0 Å². The van der Waals surface area contributed by atoms with E-state index in [1.165, 1.54) is 0 Å². The van der Waals surface area contributed by atoms with Gasteiger partial charge in [-0.25, -0.2) is 9.97 Å². The summed E-state index contributed by atoms with van der Waals surface area (Å²) in [7, 11) is 1.58. The number of imidazole rings is 1. The van der Waals surface area contributed by atoms with E-state index >= 15 is 0 Å². The molecule has 1 aliphatic rings. The van der Waals surface area contributed by atoms with E-state index in [9.17, 15) is 4.79 Å². The molecule has 0 atom stereocenters. The van der Waals surface area contributed by atoms with Crippen LogP contribution in [0.3, 0.4) is 0 Å². The van der Waals surface area contributed by atoms with Gasteiger partial charge in [0.25, 0.3) is 5.91 Å². The van der Waals surface area contributed by atoms with Gasteiger partial charge in [-0.05, 0) is 18.2 Å². The van der Waals surface area contributed by atoms with Crippen LogP contribution in [0.15, 0.2) is 54.9 Å². The number of carbonyl (C=O) groups is 1. The van der Waals surface area contributed by atoms with Crippen LogP contribution in [0.25, 0.3) is 17.1 Å². The van der Waals surface area contributed by atoms with Crippen LogP contribution in [0.5, 0.6) is 5.88 Å². The van der Waals surface area contributed by atoms with Gasteiger partial charge in [-0.2, -0.15) is 0 Å². The molecule has 0 spiro atoms. The van der Waals surface area contributed by atoms with Crippen molar-refractivity contribution in [1.29, 1.82) is 0 Å². The highest BCUT2D eigenvalue weighted by molar-refractivity contribution is 5.93. The zero-order chi connectivity index (χ0) is 18.6. The molecule has 0 bridgehead atoms. The first-order valence-corrected chi connectivity index (χ1v) is 8.78. The van der Waals surface area contributed by atoms with Gasteiger partial charge in [0.1, 0.15) is 11.5 Å². The molecular weight excluding hydrogens is 344 g/mol. The van der Waals surface area contributed by atoms with Crippen LogP contribution in [0.4, 0.5) is 0 Å². The van der Waals surface area contributed by atoms with Gasteiger partial charge in [-0.3, -0.25) is 9.36 Å². The fraction of sp³-hybridized carbons (Fsp3) is 0.250. The predicted molar refractivity (Wildman–Crippen MR) is 100 cm³/mol. The largest absolute Gasteiger partial charge is 0.481 e. The first kappa shape index (κ1) is 17.2. The number of hydrogen-bond acceptors (Lipinski definition) is 5. The highest BCUT2D eigenvalue weighted by Crippen LogP contribution is 2.24. The Hall–Kier alpha value is -3.19. The maximum Gasteiger partial charge on any atom is 0.274 e. The van der Waals surface area contributed by atoms with Crippen LogP contribution in [-0.2, 0) is 4.74 Å². The van der Waals surface area contributed by atoms with E-state index in [0.717, 1.165) is 11.3 Å². The zero-order valence-electron chi connectivity index (χ0n) is 15.0. The summed E-state index contributed by atoms with van der Waals surface area (Å²) in [6.45, 7) is 2.27. The van der Waals surface area contributed by atoms with Crippen LogP contribution < -0.4 is 4.74 Å². The molecular formula is C20H20N4O3. The molecule has 0 saturated carbocycles. The topological polar surface area (TPSA) is 69.5 Å². The molecule has 3 aromatic rings. The molecule has 1 aliphatic heterocycles. The van der Waals surface area contributed by atoms with Crippen molar-refractivity contribution in [3.63, 3.8) is 0 Å². The summed E-state index contributed by atoms with van der Waals surface area (Å²) in [6, 6.07) is 13.5. The molecule has 2 aromatic heterocycles. The van der Waals surface area contributed by atoms with Gasteiger partial charge in [0.15, 0.2) is 0 Å². The van der Waals surface area contributed by atoms with Gasteiger partial charge >= 0.3 is 0 Å². The SMILES string of the molecule is COc1ccc(-c2nc(C(=O)N3CCOCC3)cn2-c2ccccc2)cn1. The van der Waals surface area contributed by atoms with Crippen molar-refractivity contribution < 1.29 is 14.3 Å². The Morgan fingerprint density at radius 3 is 2.56 bits per heavy atom. The van der Waals surface area contributed by atoms with Gasteiger partial charge in [0.2, 0.25) is 5.88 Å². The third-order valence-electron chi connectivity index (χ3n) is 4.46. The maximum absolute atomic E-state index is 12.9. The second-order valence-electron chi connectivity index (χ2n) is 6.15. The number of benzene rings is 1. The average molecular weight is 364 g/mol. The minimum atomic E-state index is -0.0873. The van der Waals surface area contributed by atoms with Crippen molar-refractivity contribution in [2.45, 2.75) is 0 Å². The fourth-order valence-electron chi connectivity index (χ4n) is 3.03. The lowest BCUT2D eigenvalue weighted by atomic mass is 10.2. The minimum Gasteiger partial charge on any atom is -0.481 e. The predicted octanol–water partition coefficient (Wildman–Crippen LogP) is 2.42. The molecule has 0 radical (unpaired) electrons. The summed E-state index contributed by atoms with van der Waals surface area (Å²) in [5, 5.41) is 0. The van der Waals surface area contributed by atoms with Gasteiger partial charge in [-0.15, -0.1) is 0 Å². The van der Waals surface area contributed by atoms with E-state index in [-0.39, 0.29) is 5.91 Å². The molecule has 1 amide bonds. The van der Waals surface area contributed by atoms with Crippen LogP contribution in [0.2, 0.25) is 0 Å². The van der Waals surface area contributed by atoms with Gasteiger partial charge in [0.05, 0.1) is 20.3 Å². The van der Waals surface area contributed by atoms with Crippen molar-refractivity contribution >= 4 is 5.91 Å². The highest BCUT2D eigenvalue weighted by Gasteiger charge is 2.23. The number of carbonyl (C=O) groups excluding carboxylic acids is 1. The molecule has 1 aromatic carbocycles. The molecule has 1 fully saturated rings. The number of pyridine rings is 1. The summed E-state index contributed by atoms with van der Waals surface area (Å²) >= 11 is 0. The van der Waals surface area contributed by atoms with E-state index in [2.05, 4.69) is 9.97 Å². The van der Waals surface area contributed by atoms with Gasteiger partial charge in [-0.1, -0.05) is 18.2 Å². The molecule has 0 unspecified atom stereocenters. The summed E-state index contributed by atoms with van der Waals surface area (Å²) in [5.41, 5.74) is 2.14. The number of ether oxygens (including phenoxy) is 2. The molecule has 7 heteroatoms. The van der Waals surface area contributed by atoms with Crippen molar-refractivity contribution in [2.75, 3.05) is 33.4 Å². The Bertz CT molecular complexity index is 916. The first-order valence-electron chi connectivity index (χ1n) is 8.78. The quantitative estimate of drug-likeness (QED) is 0.711. The number of amides is 1. The van der Waals surface area contributed by atoms with Crippen molar-refractivity contribution in [3.05, 3.63) is 60.6 Å². The fourth-order valence-corrected chi connectivity index (χ4v) is 3.03. The second-order valence-corrected chi connectivity index (χ2v) is 6.15. The Labute approximate surface area is 157 Å². The number of aromatic nitrogens is 3. The summed E-state index contributed by atoms with van der Waals surface area (Å²) in [6.07, 6.45) is 3.48. The van der Waals surface area contributed by atoms with Crippen LogP contribution in [-0.4, -0.2) is 58.8 Å². The number of nitrogens with zero attached hydrogens (tertiary/aromatic N) is 4. The standard InChI is InChI=1S/C20H20N4O3/c1-26-18-8-7-15(13-21-18)19-22-17(20(25)23-9-11-27-12-10-23)14-24(19)16-5-3-2-4-6-16/h2-8,13-14H,9-12H2,1H3. The molecule has 0 N–H and O–H groups in total. The smallest absolute Gasteiger partial charge is 0.274 e. The molecule has 3 heterocycles. The third kappa shape index (κ3) is 3.54. The lowest BCUT2D eigenvalue weighted by Crippen LogP contribution is -2.40. The molecule has 4 rings (SSSR count). The normalized spacial score (nSPS) is 14.2. The molecule has 7 nitrogen and oxygen atoms in total. The van der Waals surface area contributed by atoms with E-state index in [0.29, 0.717) is 43.7 Å². The summed E-state index contributed by atoms with van der Waals surface area (Å²) in [5.74, 6) is 1.10. The number of rotatable bonds is 4.